The van der Waals surface area contributed by atoms with Crippen LogP contribution in [0.2, 0.25) is 0 Å². The minimum atomic E-state index is -4.58. The number of aromatic nitrogens is 4. The van der Waals surface area contributed by atoms with Gasteiger partial charge >= 0.3 is 6.18 Å². The Labute approximate surface area is 211 Å². The van der Waals surface area contributed by atoms with Gasteiger partial charge in [0.15, 0.2) is 5.75 Å². The Morgan fingerprint density at radius 1 is 1.22 bits per heavy atom. The summed E-state index contributed by atoms with van der Waals surface area (Å²) in [6.45, 7) is 3.66. The van der Waals surface area contributed by atoms with Crippen LogP contribution in [0.1, 0.15) is 17.8 Å². The lowest BCUT2D eigenvalue weighted by molar-refractivity contribution is -0.105. The Morgan fingerprint density at radius 2 is 2.06 bits per heavy atom. The van der Waals surface area contributed by atoms with E-state index >= 15 is 0 Å². The summed E-state index contributed by atoms with van der Waals surface area (Å²) >= 11 is 1.38. The van der Waals surface area contributed by atoms with E-state index in [1.807, 2.05) is 6.92 Å². The van der Waals surface area contributed by atoms with Crippen LogP contribution in [0.25, 0.3) is 10.6 Å². The molecule has 3 aromatic rings. The number of hydrogen-bond donors (Lipinski definition) is 3. The van der Waals surface area contributed by atoms with Crippen molar-refractivity contribution in [3.05, 3.63) is 29.4 Å². The lowest BCUT2D eigenvalue weighted by Gasteiger charge is -2.23. The van der Waals surface area contributed by atoms with Crippen LogP contribution in [0.5, 0.6) is 17.5 Å². The summed E-state index contributed by atoms with van der Waals surface area (Å²) in [5, 5.41) is 7.42. The molecule has 3 aromatic heterocycles. The molecule has 15 heteroatoms. The van der Waals surface area contributed by atoms with Crippen LogP contribution < -0.4 is 24.8 Å². The van der Waals surface area contributed by atoms with E-state index in [2.05, 4.69) is 35.3 Å². The fourth-order valence-corrected chi connectivity index (χ4v) is 5.00. The number of hydrogen-bond acceptors (Lipinski definition) is 10. The highest BCUT2D eigenvalue weighted by Crippen LogP contribution is 2.39. The maximum absolute atomic E-state index is 12.5. The number of nitrogens with one attached hydrogen (secondary N) is 3. The second-order valence-corrected chi connectivity index (χ2v) is 10.2. The highest BCUT2D eigenvalue weighted by Gasteiger charge is 2.31. The number of thiazole rings is 1. The fourth-order valence-electron chi connectivity index (χ4n) is 3.47. The molecule has 4 rings (SSSR count). The van der Waals surface area contributed by atoms with E-state index < -0.39 is 22.9 Å². The SMILES string of the molecule is COc1nc(NS(=O)CC(F)(F)F)ccc1Oc1nc(C)sc1-c1ccnc(NC2CCCNC2)n1. The minimum absolute atomic E-state index is 0.0181. The van der Waals surface area contributed by atoms with Crippen molar-refractivity contribution in [2.24, 2.45) is 0 Å². The molecule has 0 bridgehead atoms. The summed E-state index contributed by atoms with van der Waals surface area (Å²) in [5.74, 6) is -0.640. The average molecular weight is 544 g/mol. The zero-order chi connectivity index (χ0) is 25.7. The molecular formula is C21H24F3N7O3S2. The van der Waals surface area contributed by atoms with Crippen LogP contribution >= 0.6 is 11.3 Å². The molecule has 0 spiro atoms. The van der Waals surface area contributed by atoms with Gasteiger partial charge in [0.1, 0.15) is 27.4 Å². The van der Waals surface area contributed by atoms with Crippen LogP contribution in [0.3, 0.4) is 0 Å². The standard InChI is InChI=1S/C21H24F3N7O3S2/c1-12-27-19(17(35-12)14-7-9-26-20(29-14)28-13-4-3-8-25-10-13)34-15-5-6-16(30-18(15)33-2)31-36(32)11-21(22,23)24/h5-7,9,13,25H,3-4,8,10-11H2,1-2H3,(H,30,31)(H,26,28,29). The van der Waals surface area contributed by atoms with E-state index in [0.29, 0.717) is 16.5 Å². The average Bonchev–Trinajstić information content (AvgIpc) is 3.19. The zero-order valence-electron chi connectivity index (χ0n) is 19.4. The van der Waals surface area contributed by atoms with Crippen LogP contribution in [-0.4, -0.2) is 62.3 Å². The first-order chi connectivity index (χ1) is 17.2. The number of aryl methyl sites for hydroxylation is 1. The Hall–Kier alpha value is -3.04. The molecule has 0 radical (unpaired) electrons. The molecule has 36 heavy (non-hydrogen) atoms. The lowest BCUT2D eigenvalue weighted by Crippen LogP contribution is -2.38. The molecule has 1 aliphatic heterocycles. The second-order valence-electron chi connectivity index (χ2n) is 7.83. The third-order valence-corrected chi connectivity index (χ3v) is 6.96. The molecule has 4 heterocycles. The quantitative estimate of drug-likeness (QED) is 0.369. The van der Waals surface area contributed by atoms with E-state index in [9.17, 15) is 17.4 Å². The molecule has 0 saturated carbocycles. The predicted octanol–water partition coefficient (Wildman–Crippen LogP) is 3.91. The van der Waals surface area contributed by atoms with Gasteiger partial charge in [-0.05, 0) is 44.5 Å². The van der Waals surface area contributed by atoms with Crippen molar-refractivity contribution in [3.63, 3.8) is 0 Å². The maximum atomic E-state index is 12.5. The smallest absolute Gasteiger partial charge is 0.402 e. The van der Waals surface area contributed by atoms with Gasteiger partial charge in [-0.2, -0.15) is 18.2 Å². The lowest BCUT2D eigenvalue weighted by atomic mass is 10.1. The number of piperidine rings is 1. The third kappa shape index (κ3) is 7.01. The van der Waals surface area contributed by atoms with E-state index in [1.54, 1.807) is 12.3 Å². The second kappa shape index (κ2) is 11.3. The third-order valence-electron chi connectivity index (χ3n) is 4.96. The minimum Gasteiger partial charge on any atom is -0.478 e. The van der Waals surface area contributed by atoms with Crippen LogP contribution in [0.15, 0.2) is 24.4 Å². The Bertz CT molecular complexity index is 1220. The van der Waals surface area contributed by atoms with Crippen molar-refractivity contribution >= 4 is 34.1 Å². The van der Waals surface area contributed by atoms with Crippen molar-refractivity contribution < 1.29 is 26.9 Å². The summed E-state index contributed by atoms with van der Waals surface area (Å²) in [5.41, 5.74) is 0.615. The number of alkyl halides is 3. The number of pyridine rings is 1. The Kier molecular flexibility index (Phi) is 8.21. The Balaban J connectivity index is 1.53. The normalized spacial score (nSPS) is 16.9. The maximum Gasteiger partial charge on any atom is 0.402 e. The van der Waals surface area contributed by atoms with E-state index in [1.165, 1.54) is 30.6 Å². The van der Waals surface area contributed by atoms with Crippen molar-refractivity contribution in [1.29, 1.82) is 0 Å². The number of methoxy groups -OCH3 is 1. The highest BCUT2D eigenvalue weighted by molar-refractivity contribution is 7.86. The topological polar surface area (TPSA) is 123 Å². The summed E-state index contributed by atoms with van der Waals surface area (Å²) in [4.78, 5) is 18.1. The number of nitrogens with zero attached hydrogens (tertiary/aromatic N) is 4. The molecule has 2 unspecified atom stereocenters. The first kappa shape index (κ1) is 26.0. The molecule has 0 aromatic carbocycles. The highest BCUT2D eigenvalue weighted by atomic mass is 32.2. The van der Waals surface area contributed by atoms with Crippen molar-refractivity contribution in [2.45, 2.75) is 32.0 Å². The molecule has 1 saturated heterocycles. The van der Waals surface area contributed by atoms with Gasteiger partial charge in [-0.25, -0.2) is 19.2 Å². The molecule has 0 amide bonds. The molecule has 3 N–H and O–H groups in total. The van der Waals surface area contributed by atoms with Gasteiger partial charge in [0.25, 0.3) is 5.88 Å². The van der Waals surface area contributed by atoms with Crippen LogP contribution in [0.4, 0.5) is 24.9 Å². The van der Waals surface area contributed by atoms with Gasteiger partial charge in [-0.3, -0.25) is 4.72 Å². The van der Waals surface area contributed by atoms with Gasteiger partial charge < -0.3 is 20.1 Å². The van der Waals surface area contributed by atoms with Crippen LogP contribution in [-0.2, 0) is 11.0 Å². The molecule has 10 nitrogen and oxygen atoms in total. The van der Waals surface area contributed by atoms with E-state index in [0.717, 1.165) is 30.9 Å². The molecule has 2 atom stereocenters. The summed E-state index contributed by atoms with van der Waals surface area (Å²) in [7, 11) is -1.06. The van der Waals surface area contributed by atoms with Crippen molar-refractivity contribution in [3.8, 4) is 28.1 Å². The van der Waals surface area contributed by atoms with Gasteiger partial charge in [-0.15, -0.1) is 11.3 Å². The fraction of sp³-hybridized carbons (Fsp3) is 0.429. The van der Waals surface area contributed by atoms with E-state index in [4.69, 9.17) is 9.47 Å². The summed E-state index contributed by atoms with van der Waals surface area (Å²) in [6, 6.07) is 4.78. The monoisotopic (exact) mass is 543 g/mol. The van der Waals surface area contributed by atoms with Gasteiger partial charge in [0.05, 0.1) is 17.8 Å². The number of ether oxygens (including phenoxy) is 2. The number of rotatable bonds is 9. The molecule has 1 aliphatic rings. The summed E-state index contributed by atoms with van der Waals surface area (Å²) in [6.07, 6.45) is -0.821. The van der Waals surface area contributed by atoms with Gasteiger partial charge in [0.2, 0.25) is 11.8 Å². The molecule has 0 aliphatic carbocycles. The molecule has 194 valence electrons. The molecular weight excluding hydrogens is 519 g/mol. The Morgan fingerprint density at radius 3 is 2.78 bits per heavy atom. The number of halogens is 3. The van der Waals surface area contributed by atoms with Crippen LogP contribution in [0, 0.1) is 6.92 Å². The van der Waals surface area contributed by atoms with Crippen molar-refractivity contribution in [1.82, 2.24) is 25.3 Å². The first-order valence-corrected chi connectivity index (χ1v) is 13.1. The van der Waals surface area contributed by atoms with Crippen molar-refractivity contribution in [2.75, 3.05) is 36.0 Å². The predicted molar refractivity (Wildman–Crippen MR) is 131 cm³/mol. The number of anilines is 2. The zero-order valence-corrected chi connectivity index (χ0v) is 21.0. The van der Waals surface area contributed by atoms with Gasteiger partial charge in [-0.1, -0.05) is 0 Å². The largest absolute Gasteiger partial charge is 0.478 e. The first-order valence-electron chi connectivity index (χ1n) is 10.9. The van der Waals surface area contributed by atoms with E-state index in [-0.39, 0.29) is 29.4 Å². The summed E-state index contributed by atoms with van der Waals surface area (Å²) < 4.78 is 62.5. The molecule has 1 fully saturated rings. The van der Waals surface area contributed by atoms with Gasteiger partial charge in [0, 0.05) is 18.8 Å².